The van der Waals surface area contributed by atoms with E-state index in [2.05, 4.69) is 10.1 Å². The van der Waals surface area contributed by atoms with Gasteiger partial charge in [-0.3, -0.25) is 4.79 Å². The van der Waals surface area contributed by atoms with Crippen molar-refractivity contribution >= 4 is 23.6 Å². The van der Waals surface area contributed by atoms with Gasteiger partial charge in [0.05, 0.1) is 12.0 Å². The number of methoxy groups -OCH3 is 2. The smallest absolute Gasteiger partial charge is 0.331 e. The first kappa shape index (κ1) is 11.1. The molecule has 1 unspecified atom stereocenters. The minimum Gasteiger partial charge on any atom is -0.466 e. The molecule has 0 radical (unpaired) electrons. The van der Waals surface area contributed by atoms with Crippen LogP contribution in [0.2, 0.25) is 0 Å². The van der Waals surface area contributed by atoms with Crippen LogP contribution in [0.15, 0.2) is 11.0 Å². The lowest BCUT2D eigenvalue weighted by Gasteiger charge is -2.19. The summed E-state index contributed by atoms with van der Waals surface area (Å²) in [6.45, 7) is 1.70. The standard InChI is InChI=1S/C8H11NO4S/c1-8(13-3)9-7(11)5(14-8)4-6(10)12-2/h4H,1-3H3,(H,9,11)/b5-4+. The maximum atomic E-state index is 11.3. The quantitative estimate of drug-likeness (QED) is 0.529. The van der Waals surface area contributed by atoms with Crippen molar-refractivity contribution in [2.75, 3.05) is 14.2 Å². The van der Waals surface area contributed by atoms with Gasteiger partial charge in [-0.05, 0) is 6.92 Å². The van der Waals surface area contributed by atoms with Gasteiger partial charge in [-0.15, -0.1) is 0 Å². The normalized spacial score (nSPS) is 29.1. The van der Waals surface area contributed by atoms with Gasteiger partial charge in [-0.25, -0.2) is 4.79 Å². The molecule has 0 bridgehead atoms. The molecule has 1 heterocycles. The van der Waals surface area contributed by atoms with E-state index < -0.39 is 11.0 Å². The van der Waals surface area contributed by atoms with Gasteiger partial charge in [0.25, 0.3) is 5.91 Å². The number of amides is 1. The number of hydrogen-bond donors (Lipinski definition) is 1. The maximum Gasteiger partial charge on any atom is 0.331 e. The van der Waals surface area contributed by atoms with E-state index in [1.807, 2.05) is 0 Å². The Hall–Kier alpha value is -1.01. The van der Waals surface area contributed by atoms with Crippen molar-refractivity contribution in [3.63, 3.8) is 0 Å². The third-order valence-corrected chi connectivity index (χ3v) is 2.89. The van der Waals surface area contributed by atoms with Crippen LogP contribution in [-0.2, 0) is 19.1 Å². The second-order valence-corrected chi connectivity index (χ2v) is 4.16. The number of rotatable bonds is 2. The van der Waals surface area contributed by atoms with Crippen LogP contribution in [0.25, 0.3) is 0 Å². The van der Waals surface area contributed by atoms with Crippen LogP contribution >= 0.6 is 11.8 Å². The van der Waals surface area contributed by atoms with Gasteiger partial charge in [0.2, 0.25) is 0 Å². The van der Waals surface area contributed by atoms with E-state index in [-0.39, 0.29) is 5.91 Å². The summed E-state index contributed by atoms with van der Waals surface area (Å²) in [7, 11) is 2.74. The number of carbonyl (C=O) groups is 2. The summed E-state index contributed by atoms with van der Waals surface area (Å²) >= 11 is 1.14. The lowest BCUT2D eigenvalue weighted by atomic mass is 10.4. The minimum atomic E-state index is -0.795. The zero-order valence-corrected chi connectivity index (χ0v) is 8.94. The van der Waals surface area contributed by atoms with Gasteiger partial charge in [-0.1, -0.05) is 11.8 Å². The van der Waals surface area contributed by atoms with Crippen LogP contribution in [0, 0.1) is 0 Å². The topological polar surface area (TPSA) is 64.6 Å². The molecule has 0 saturated carbocycles. The number of carbonyl (C=O) groups excluding carboxylic acids is 2. The van der Waals surface area contributed by atoms with E-state index in [0.717, 1.165) is 17.8 Å². The summed E-state index contributed by atoms with van der Waals surface area (Å²) in [6.07, 6.45) is 1.14. The molecule has 0 aliphatic carbocycles. The highest BCUT2D eigenvalue weighted by Crippen LogP contribution is 2.36. The fourth-order valence-corrected chi connectivity index (χ4v) is 1.85. The van der Waals surface area contributed by atoms with E-state index in [1.165, 1.54) is 14.2 Å². The van der Waals surface area contributed by atoms with Crippen LogP contribution in [-0.4, -0.2) is 31.2 Å². The molecule has 0 spiro atoms. The van der Waals surface area contributed by atoms with Crippen LogP contribution in [0.5, 0.6) is 0 Å². The third kappa shape index (κ3) is 2.27. The highest BCUT2D eigenvalue weighted by molar-refractivity contribution is 8.05. The van der Waals surface area contributed by atoms with Crippen LogP contribution in [0.4, 0.5) is 0 Å². The SMILES string of the molecule is COC(=O)/C=C1/SC(C)(OC)NC1=O. The largest absolute Gasteiger partial charge is 0.466 e. The van der Waals surface area contributed by atoms with Gasteiger partial charge in [0.1, 0.15) is 0 Å². The van der Waals surface area contributed by atoms with Crippen molar-refractivity contribution in [3.05, 3.63) is 11.0 Å². The third-order valence-electron chi connectivity index (χ3n) is 1.71. The summed E-state index contributed by atoms with van der Waals surface area (Å²) in [6, 6.07) is 0. The first-order valence-electron chi connectivity index (χ1n) is 3.87. The predicted octanol–water partition coefficient (Wildman–Crippen LogP) is 0.226. The molecular weight excluding hydrogens is 206 g/mol. The number of thioether (sulfide) groups is 1. The van der Waals surface area contributed by atoms with E-state index in [0.29, 0.717) is 4.91 Å². The molecule has 1 atom stereocenters. The van der Waals surface area contributed by atoms with Crippen LogP contribution < -0.4 is 5.32 Å². The molecule has 0 aromatic rings. The van der Waals surface area contributed by atoms with Crippen LogP contribution in [0.1, 0.15) is 6.92 Å². The van der Waals surface area contributed by atoms with Crippen molar-refractivity contribution in [1.82, 2.24) is 5.32 Å². The Balaban J connectivity index is 2.80. The second-order valence-electron chi connectivity index (χ2n) is 2.74. The predicted molar refractivity (Wildman–Crippen MR) is 51.2 cm³/mol. The molecule has 78 valence electrons. The van der Waals surface area contributed by atoms with Gasteiger partial charge < -0.3 is 14.8 Å². The zero-order chi connectivity index (χ0) is 10.8. The summed E-state index contributed by atoms with van der Waals surface area (Å²) < 4.78 is 9.47. The lowest BCUT2D eigenvalue weighted by Crippen LogP contribution is -2.37. The number of hydrogen-bond acceptors (Lipinski definition) is 5. The summed E-state index contributed by atoms with van der Waals surface area (Å²) in [5.41, 5.74) is 0. The molecule has 5 nitrogen and oxygen atoms in total. The van der Waals surface area contributed by atoms with Crippen LogP contribution in [0.3, 0.4) is 0 Å². The van der Waals surface area contributed by atoms with Gasteiger partial charge >= 0.3 is 5.97 Å². The molecule has 1 aliphatic rings. The van der Waals surface area contributed by atoms with Crippen molar-refractivity contribution in [2.45, 2.75) is 12.0 Å². The Morgan fingerprint density at radius 2 is 2.21 bits per heavy atom. The molecule has 1 amide bonds. The molecule has 0 aromatic carbocycles. The van der Waals surface area contributed by atoms with E-state index in [4.69, 9.17) is 4.74 Å². The molecule has 1 rings (SSSR count). The van der Waals surface area contributed by atoms with E-state index >= 15 is 0 Å². The van der Waals surface area contributed by atoms with Gasteiger partial charge in [-0.2, -0.15) is 0 Å². The Labute approximate surface area is 85.8 Å². The minimum absolute atomic E-state index is 0.293. The summed E-state index contributed by atoms with van der Waals surface area (Å²) in [5.74, 6) is -0.882. The molecule has 14 heavy (non-hydrogen) atoms. The highest BCUT2D eigenvalue weighted by atomic mass is 32.2. The highest BCUT2D eigenvalue weighted by Gasteiger charge is 2.38. The van der Waals surface area contributed by atoms with E-state index in [1.54, 1.807) is 6.92 Å². The lowest BCUT2D eigenvalue weighted by molar-refractivity contribution is -0.135. The Bertz CT molecular complexity index is 302. The monoisotopic (exact) mass is 217 g/mol. The van der Waals surface area contributed by atoms with Gasteiger partial charge in [0, 0.05) is 13.2 Å². The molecule has 1 saturated heterocycles. The fourth-order valence-electron chi connectivity index (χ4n) is 0.903. The van der Waals surface area contributed by atoms with Gasteiger partial charge in [0.15, 0.2) is 5.06 Å². The first-order chi connectivity index (χ1) is 6.50. The molecule has 1 fully saturated rings. The summed E-state index contributed by atoms with van der Waals surface area (Å²) in [5, 5.41) is 1.79. The molecule has 1 N–H and O–H groups in total. The average molecular weight is 217 g/mol. The Morgan fingerprint density at radius 1 is 1.57 bits per heavy atom. The van der Waals surface area contributed by atoms with Crippen molar-refractivity contribution < 1.29 is 19.1 Å². The second kappa shape index (κ2) is 4.02. The van der Waals surface area contributed by atoms with Crippen molar-refractivity contribution in [1.29, 1.82) is 0 Å². The molecular formula is C8H11NO4S. The van der Waals surface area contributed by atoms with Crippen molar-refractivity contribution in [2.24, 2.45) is 0 Å². The zero-order valence-electron chi connectivity index (χ0n) is 8.12. The fraction of sp³-hybridized carbons (Fsp3) is 0.500. The molecule has 0 aromatic heterocycles. The maximum absolute atomic E-state index is 11.3. The number of ether oxygens (including phenoxy) is 2. The first-order valence-corrected chi connectivity index (χ1v) is 4.69. The Kier molecular flexibility index (Phi) is 3.17. The molecule has 1 aliphatic heterocycles. The molecule has 6 heteroatoms. The number of nitrogens with one attached hydrogen (secondary N) is 1. The summed E-state index contributed by atoms with van der Waals surface area (Å²) in [4.78, 5) is 22.5. The average Bonchev–Trinajstić information content (AvgIpc) is 2.43. The Morgan fingerprint density at radius 3 is 2.64 bits per heavy atom. The number of esters is 1. The van der Waals surface area contributed by atoms with E-state index in [9.17, 15) is 9.59 Å². The van der Waals surface area contributed by atoms with Crippen molar-refractivity contribution in [3.8, 4) is 0 Å².